The molecule has 0 fully saturated rings. The Morgan fingerprint density at radius 3 is 2.52 bits per heavy atom. The molecule has 0 atom stereocenters. The van der Waals surface area contributed by atoms with Crippen LogP contribution in [0.1, 0.15) is 27.0 Å². The van der Waals surface area contributed by atoms with Crippen molar-refractivity contribution in [2.45, 2.75) is 20.3 Å². The molecule has 0 spiro atoms. The van der Waals surface area contributed by atoms with Crippen molar-refractivity contribution < 1.29 is 14.3 Å². The first kappa shape index (κ1) is 18.5. The van der Waals surface area contributed by atoms with Crippen LogP contribution in [0.25, 0.3) is 0 Å². The fourth-order valence-corrected chi connectivity index (χ4v) is 2.59. The van der Waals surface area contributed by atoms with Gasteiger partial charge in [0.25, 0.3) is 5.91 Å². The van der Waals surface area contributed by atoms with E-state index >= 15 is 0 Å². The van der Waals surface area contributed by atoms with Crippen molar-refractivity contribution in [3.8, 4) is 5.75 Å². The fourth-order valence-electron chi connectivity index (χ4n) is 2.59. The van der Waals surface area contributed by atoms with Gasteiger partial charge in [-0.3, -0.25) is 9.59 Å². The van der Waals surface area contributed by atoms with Crippen molar-refractivity contribution in [1.82, 2.24) is 10.6 Å². The highest BCUT2D eigenvalue weighted by Crippen LogP contribution is 2.19. The van der Waals surface area contributed by atoms with E-state index in [0.29, 0.717) is 18.5 Å². The third kappa shape index (κ3) is 5.35. The minimum Gasteiger partial charge on any atom is -0.496 e. The second-order valence-corrected chi connectivity index (χ2v) is 5.91. The molecule has 0 aliphatic rings. The van der Waals surface area contributed by atoms with Gasteiger partial charge in [-0.15, -0.1) is 0 Å². The maximum atomic E-state index is 12.1. The Kier molecular flexibility index (Phi) is 6.57. The highest BCUT2D eigenvalue weighted by molar-refractivity contribution is 5.97. The molecule has 25 heavy (non-hydrogen) atoms. The quantitative estimate of drug-likeness (QED) is 0.813. The van der Waals surface area contributed by atoms with Crippen molar-refractivity contribution in [2.75, 3.05) is 20.2 Å². The van der Waals surface area contributed by atoms with Crippen molar-refractivity contribution in [1.29, 1.82) is 0 Å². The van der Waals surface area contributed by atoms with Gasteiger partial charge in [0.15, 0.2) is 0 Å². The minimum atomic E-state index is -0.242. The lowest BCUT2D eigenvalue weighted by Gasteiger charge is -2.11. The van der Waals surface area contributed by atoms with E-state index in [1.165, 1.54) is 0 Å². The Morgan fingerprint density at radius 2 is 1.80 bits per heavy atom. The summed E-state index contributed by atoms with van der Waals surface area (Å²) in [6.07, 6.45) is 0.669. The molecular formula is C20H24N2O3. The molecular weight excluding hydrogens is 316 g/mol. The summed E-state index contributed by atoms with van der Waals surface area (Å²) in [4.78, 5) is 24.0. The van der Waals surface area contributed by atoms with Crippen LogP contribution in [0.2, 0.25) is 0 Å². The lowest BCUT2D eigenvalue weighted by Crippen LogP contribution is -2.37. The number of benzene rings is 2. The second-order valence-electron chi connectivity index (χ2n) is 5.91. The van der Waals surface area contributed by atoms with E-state index in [2.05, 4.69) is 10.6 Å². The molecule has 2 aromatic carbocycles. The average Bonchev–Trinajstić information content (AvgIpc) is 2.60. The van der Waals surface area contributed by atoms with Crippen LogP contribution in [0.3, 0.4) is 0 Å². The molecule has 0 saturated heterocycles. The lowest BCUT2D eigenvalue weighted by molar-refractivity contribution is -0.120. The van der Waals surface area contributed by atoms with Gasteiger partial charge in [0, 0.05) is 12.1 Å². The van der Waals surface area contributed by atoms with Crippen LogP contribution in [0.15, 0.2) is 42.5 Å². The summed E-state index contributed by atoms with van der Waals surface area (Å²) in [5, 5.41) is 5.46. The Hall–Kier alpha value is -2.82. The summed E-state index contributed by atoms with van der Waals surface area (Å²) in [6, 6.07) is 13.2. The Labute approximate surface area is 148 Å². The minimum absolute atomic E-state index is 0.0435. The zero-order chi connectivity index (χ0) is 18.2. The van der Waals surface area contributed by atoms with Gasteiger partial charge in [-0.2, -0.15) is 0 Å². The molecule has 0 unspecified atom stereocenters. The molecule has 132 valence electrons. The van der Waals surface area contributed by atoms with E-state index in [-0.39, 0.29) is 18.4 Å². The van der Waals surface area contributed by atoms with Gasteiger partial charge in [0.05, 0.1) is 13.7 Å². The standard InChI is InChI=1S/C20H24N2O3/c1-14-8-9-18(25-3)16(12-14)10-11-21-19(23)13-22-20(24)17-7-5-4-6-15(17)2/h4-9,12H,10-11,13H2,1-3H3,(H,21,23)(H,22,24). The highest BCUT2D eigenvalue weighted by Gasteiger charge is 2.10. The monoisotopic (exact) mass is 340 g/mol. The second kappa shape index (κ2) is 8.87. The normalized spacial score (nSPS) is 10.2. The number of carbonyl (C=O) groups excluding carboxylic acids is 2. The number of aryl methyl sites for hydroxylation is 2. The number of amides is 2. The van der Waals surface area contributed by atoms with Crippen molar-refractivity contribution >= 4 is 11.8 Å². The molecule has 2 N–H and O–H groups in total. The van der Waals surface area contributed by atoms with Crippen LogP contribution in [0.4, 0.5) is 0 Å². The first-order chi connectivity index (χ1) is 12.0. The first-order valence-electron chi connectivity index (χ1n) is 8.25. The van der Waals surface area contributed by atoms with E-state index < -0.39 is 0 Å². The molecule has 0 aromatic heterocycles. The van der Waals surface area contributed by atoms with E-state index in [1.807, 2.05) is 44.2 Å². The molecule has 0 aliphatic carbocycles. The van der Waals surface area contributed by atoms with Gasteiger partial charge in [0.2, 0.25) is 5.91 Å². The molecule has 0 bridgehead atoms. The topological polar surface area (TPSA) is 67.4 Å². The maximum Gasteiger partial charge on any atom is 0.251 e. The number of hydrogen-bond acceptors (Lipinski definition) is 3. The van der Waals surface area contributed by atoms with Gasteiger partial charge in [-0.05, 0) is 43.5 Å². The summed E-state index contributed by atoms with van der Waals surface area (Å²) >= 11 is 0. The predicted molar refractivity (Wildman–Crippen MR) is 98.0 cm³/mol. The largest absolute Gasteiger partial charge is 0.496 e. The number of nitrogens with one attached hydrogen (secondary N) is 2. The Bertz CT molecular complexity index is 756. The summed E-state index contributed by atoms with van der Waals surface area (Å²) < 4.78 is 5.33. The van der Waals surface area contributed by atoms with Crippen molar-refractivity contribution in [3.63, 3.8) is 0 Å². The van der Waals surface area contributed by atoms with Gasteiger partial charge in [0.1, 0.15) is 5.75 Å². The zero-order valence-electron chi connectivity index (χ0n) is 14.9. The van der Waals surface area contributed by atoms with Gasteiger partial charge >= 0.3 is 0 Å². The molecule has 5 heteroatoms. The molecule has 2 rings (SSSR count). The number of rotatable bonds is 7. The zero-order valence-corrected chi connectivity index (χ0v) is 14.9. The van der Waals surface area contributed by atoms with Crippen LogP contribution in [0.5, 0.6) is 5.75 Å². The van der Waals surface area contributed by atoms with Crippen LogP contribution in [-0.2, 0) is 11.2 Å². The van der Waals surface area contributed by atoms with Crippen LogP contribution in [0, 0.1) is 13.8 Å². The van der Waals surface area contributed by atoms with Crippen LogP contribution in [-0.4, -0.2) is 32.0 Å². The summed E-state index contributed by atoms with van der Waals surface area (Å²) in [5.41, 5.74) is 3.66. The third-order valence-corrected chi connectivity index (χ3v) is 3.95. The predicted octanol–water partition coefficient (Wildman–Crippen LogP) is 2.40. The van der Waals surface area contributed by atoms with E-state index in [0.717, 1.165) is 22.4 Å². The smallest absolute Gasteiger partial charge is 0.251 e. The lowest BCUT2D eigenvalue weighted by atomic mass is 10.1. The summed E-state index contributed by atoms with van der Waals surface area (Å²) in [5.74, 6) is 0.356. The van der Waals surface area contributed by atoms with Crippen molar-refractivity contribution in [2.24, 2.45) is 0 Å². The van der Waals surface area contributed by atoms with Gasteiger partial charge in [-0.1, -0.05) is 35.9 Å². The SMILES string of the molecule is COc1ccc(C)cc1CCNC(=O)CNC(=O)c1ccccc1C. The van der Waals surface area contributed by atoms with E-state index in [1.54, 1.807) is 19.2 Å². The number of carbonyl (C=O) groups is 2. The number of methoxy groups -OCH3 is 1. The summed E-state index contributed by atoms with van der Waals surface area (Å²) in [6.45, 7) is 4.32. The molecule has 0 heterocycles. The molecule has 2 aromatic rings. The average molecular weight is 340 g/mol. The van der Waals surface area contributed by atoms with E-state index in [9.17, 15) is 9.59 Å². The number of ether oxygens (including phenoxy) is 1. The van der Waals surface area contributed by atoms with Crippen LogP contribution < -0.4 is 15.4 Å². The molecule has 0 radical (unpaired) electrons. The van der Waals surface area contributed by atoms with Gasteiger partial charge < -0.3 is 15.4 Å². The molecule has 2 amide bonds. The first-order valence-corrected chi connectivity index (χ1v) is 8.25. The Morgan fingerprint density at radius 1 is 1.04 bits per heavy atom. The highest BCUT2D eigenvalue weighted by atomic mass is 16.5. The van der Waals surface area contributed by atoms with Crippen molar-refractivity contribution in [3.05, 3.63) is 64.7 Å². The maximum absolute atomic E-state index is 12.1. The Balaban J connectivity index is 1.79. The molecule has 5 nitrogen and oxygen atoms in total. The summed E-state index contributed by atoms with van der Waals surface area (Å²) in [7, 11) is 1.63. The number of hydrogen-bond donors (Lipinski definition) is 2. The van der Waals surface area contributed by atoms with Crippen LogP contribution >= 0.6 is 0 Å². The fraction of sp³-hybridized carbons (Fsp3) is 0.300. The molecule has 0 aliphatic heterocycles. The van der Waals surface area contributed by atoms with Gasteiger partial charge in [-0.25, -0.2) is 0 Å². The molecule has 0 saturated carbocycles. The van der Waals surface area contributed by atoms with E-state index in [4.69, 9.17) is 4.74 Å². The third-order valence-electron chi connectivity index (χ3n) is 3.95.